The van der Waals surface area contributed by atoms with Crippen LogP contribution < -0.4 is 10.6 Å². The number of pyridine rings is 1. The van der Waals surface area contributed by atoms with Gasteiger partial charge in [-0.25, -0.2) is 0 Å². The standard InChI is InChI=1S/C16H19N3O/c1-10-2-5-13-6-3-11(9-19(10)13)16(20)18-15-8-12-4-7-14(15)17-12/h2-3,5-6,9,12,14-15,17H,4,7-8H2,1H3,(H,18,20). The van der Waals surface area contributed by atoms with Gasteiger partial charge in [-0.3, -0.25) is 4.79 Å². The fraction of sp³-hybridized carbons (Fsp3) is 0.438. The van der Waals surface area contributed by atoms with Crippen molar-refractivity contribution < 1.29 is 4.79 Å². The quantitative estimate of drug-likeness (QED) is 0.874. The van der Waals surface area contributed by atoms with Crippen molar-refractivity contribution in [3.63, 3.8) is 0 Å². The molecular weight excluding hydrogens is 250 g/mol. The number of fused-ring (bicyclic) bond motifs is 3. The number of carbonyl (C=O) groups excluding carboxylic acids is 1. The lowest BCUT2D eigenvalue weighted by atomic mass is 9.95. The molecule has 104 valence electrons. The number of rotatable bonds is 2. The number of nitrogens with one attached hydrogen (secondary N) is 2. The Bertz CT molecular complexity index is 675. The number of amides is 1. The highest BCUT2D eigenvalue weighted by molar-refractivity contribution is 5.94. The number of aromatic nitrogens is 1. The summed E-state index contributed by atoms with van der Waals surface area (Å²) in [5, 5.41) is 6.74. The van der Waals surface area contributed by atoms with Crippen LogP contribution in [0.5, 0.6) is 0 Å². The molecule has 2 aliphatic rings. The minimum atomic E-state index is 0.0411. The van der Waals surface area contributed by atoms with E-state index in [0.717, 1.165) is 23.2 Å². The van der Waals surface area contributed by atoms with Crippen molar-refractivity contribution >= 4 is 11.4 Å². The van der Waals surface area contributed by atoms with Crippen LogP contribution in [0.2, 0.25) is 0 Å². The molecule has 0 aromatic carbocycles. The summed E-state index contributed by atoms with van der Waals surface area (Å²) in [6.07, 6.45) is 5.44. The topological polar surface area (TPSA) is 45.5 Å². The molecule has 2 aromatic heterocycles. The molecule has 0 aliphatic carbocycles. The van der Waals surface area contributed by atoms with Crippen LogP contribution in [0.25, 0.3) is 5.52 Å². The van der Waals surface area contributed by atoms with Crippen LogP contribution in [0.3, 0.4) is 0 Å². The van der Waals surface area contributed by atoms with Crippen LogP contribution >= 0.6 is 0 Å². The lowest BCUT2D eigenvalue weighted by Gasteiger charge is -2.21. The fourth-order valence-electron chi connectivity index (χ4n) is 3.61. The first kappa shape index (κ1) is 12.0. The Balaban J connectivity index is 1.56. The van der Waals surface area contributed by atoms with Gasteiger partial charge < -0.3 is 15.0 Å². The molecule has 0 radical (unpaired) electrons. The molecule has 4 rings (SSSR count). The smallest absolute Gasteiger partial charge is 0.253 e. The van der Waals surface area contributed by atoms with Crippen molar-refractivity contribution in [1.29, 1.82) is 0 Å². The monoisotopic (exact) mass is 269 g/mol. The molecule has 2 saturated heterocycles. The second-order valence-electron chi connectivity index (χ2n) is 6.05. The molecule has 2 N–H and O–H groups in total. The van der Waals surface area contributed by atoms with Crippen LogP contribution in [0.4, 0.5) is 0 Å². The van der Waals surface area contributed by atoms with Crippen LogP contribution in [-0.4, -0.2) is 28.4 Å². The molecule has 0 spiro atoms. The van der Waals surface area contributed by atoms with Gasteiger partial charge in [0.05, 0.1) is 5.56 Å². The Hall–Kier alpha value is -1.81. The van der Waals surface area contributed by atoms with E-state index in [9.17, 15) is 4.79 Å². The Morgan fingerprint density at radius 3 is 2.90 bits per heavy atom. The van der Waals surface area contributed by atoms with Gasteiger partial charge in [-0.15, -0.1) is 0 Å². The van der Waals surface area contributed by atoms with Gasteiger partial charge >= 0.3 is 0 Å². The third-order valence-electron chi connectivity index (χ3n) is 4.73. The summed E-state index contributed by atoms with van der Waals surface area (Å²) >= 11 is 0. The average molecular weight is 269 g/mol. The maximum atomic E-state index is 12.4. The molecule has 4 heterocycles. The second-order valence-corrected chi connectivity index (χ2v) is 6.05. The van der Waals surface area contributed by atoms with Gasteiger partial charge in [0.2, 0.25) is 0 Å². The molecule has 1 amide bonds. The predicted molar refractivity (Wildman–Crippen MR) is 78.0 cm³/mol. The molecule has 0 saturated carbocycles. The third-order valence-corrected chi connectivity index (χ3v) is 4.73. The van der Waals surface area contributed by atoms with Gasteiger partial charge in [0.15, 0.2) is 0 Å². The van der Waals surface area contributed by atoms with E-state index in [1.165, 1.54) is 12.8 Å². The summed E-state index contributed by atoms with van der Waals surface area (Å²) in [7, 11) is 0. The number of hydrogen-bond acceptors (Lipinski definition) is 2. The Labute approximate surface area is 118 Å². The van der Waals surface area contributed by atoms with Gasteiger partial charge in [-0.05, 0) is 50.5 Å². The zero-order valence-electron chi connectivity index (χ0n) is 11.6. The van der Waals surface area contributed by atoms with E-state index in [-0.39, 0.29) is 5.91 Å². The minimum absolute atomic E-state index is 0.0411. The van der Waals surface area contributed by atoms with Gasteiger partial charge in [-0.2, -0.15) is 0 Å². The van der Waals surface area contributed by atoms with E-state index < -0.39 is 0 Å². The average Bonchev–Trinajstić information content (AvgIpc) is 3.15. The number of nitrogens with zero attached hydrogens (tertiary/aromatic N) is 1. The van der Waals surface area contributed by atoms with Crippen molar-refractivity contribution in [2.45, 2.75) is 44.3 Å². The normalized spacial score (nSPS) is 28.1. The van der Waals surface area contributed by atoms with Crippen molar-refractivity contribution in [2.75, 3.05) is 0 Å². The molecule has 3 atom stereocenters. The maximum absolute atomic E-state index is 12.4. The van der Waals surface area contributed by atoms with E-state index in [1.807, 2.05) is 18.3 Å². The van der Waals surface area contributed by atoms with Crippen LogP contribution in [0.1, 0.15) is 35.3 Å². The highest BCUT2D eigenvalue weighted by Gasteiger charge is 2.39. The van der Waals surface area contributed by atoms with Gasteiger partial charge in [0.1, 0.15) is 0 Å². The molecule has 4 nitrogen and oxygen atoms in total. The van der Waals surface area contributed by atoms with Crippen molar-refractivity contribution in [3.05, 3.63) is 41.7 Å². The lowest BCUT2D eigenvalue weighted by Crippen LogP contribution is -2.42. The van der Waals surface area contributed by atoms with Gasteiger partial charge in [0.25, 0.3) is 5.91 Å². The van der Waals surface area contributed by atoms with E-state index in [2.05, 4.69) is 34.1 Å². The number of hydrogen-bond donors (Lipinski definition) is 2. The van der Waals surface area contributed by atoms with Gasteiger partial charge in [0, 0.05) is 35.5 Å². The van der Waals surface area contributed by atoms with Crippen LogP contribution in [0, 0.1) is 6.92 Å². The largest absolute Gasteiger partial charge is 0.348 e. The molecular formula is C16H19N3O. The SMILES string of the molecule is Cc1ccc2ccc(C(=O)NC3CC4CCC3N4)cn12. The minimum Gasteiger partial charge on any atom is -0.348 e. The summed E-state index contributed by atoms with van der Waals surface area (Å²) < 4.78 is 2.06. The van der Waals surface area contributed by atoms with E-state index in [0.29, 0.717) is 18.1 Å². The summed E-state index contributed by atoms with van der Waals surface area (Å²) in [4.78, 5) is 12.4. The van der Waals surface area contributed by atoms with E-state index in [1.54, 1.807) is 0 Å². The van der Waals surface area contributed by atoms with Crippen molar-refractivity contribution in [2.24, 2.45) is 0 Å². The summed E-state index contributed by atoms with van der Waals surface area (Å²) in [6.45, 7) is 2.05. The Morgan fingerprint density at radius 1 is 1.30 bits per heavy atom. The highest BCUT2D eigenvalue weighted by atomic mass is 16.1. The van der Waals surface area contributed by atoms with E-state index >= 15 is 0 Å². The van der Waals surface area contributed by atoms with Gasteiger partial charge in [-0.1, -0.05) is 0 Å². The molecule has 2 bridgehead atoms. The van der Waals surface area contributed by atoms with Crippen LogP contribution in [-0.2, 0) is 0 Å². The molecule has 2 aliphatic heterocycles. The van der Waals surface area contributed by atoms with Crippen molar-refractivity contribution in [3.8, 4) is 0 Å². The predicted octanol–water partition coefficient (Wildman–Crippen LogP) is 1.87. The maximum Gasteiger partial charge on any atom is 0.253 e. The molecule has 2 fully saturated rings. The summed E-state index contributed by atoms with van der Waals surface area (Å²) in [5.74, 6) is 0.0411. The summed E-state index contributed by atoms with van der Waals surface area (Å²) in [5.41, 5.74) is 3.01. The number of carbonyl (C=O) groups is 1. The molecule has 3 unspecified atom stereocenters. The molecule has 2 aromatic rings. The zero-order chi connectivity index (χ0) is 13.7. The fourth-order valence-corrected chi connectivity index (χ4v) is 3.61. The third kappa shape index (κ3) is 1.83. The highest BCUT2D eigenvalue weighted by Crippen LogP contribution is 2.28. The second kappa shape index (κ2) is 4.35. The van der Waals surface area contributed by atoms with E-state index in [4.69, 9.17) is 0 Å². The molecule has 20 heavy (non-hydrogen) atoms. The number of aryl methyl sites for hydroxylation is 1. The first-order chi connectivity index (χ1) is 9.70. The lowest BCUT2D eigenvalue weighted by molar-refractivity contribution is 0.0930. The zero-order valence-corrected chi connectivity index (χ0v) is 11.6. The first-order valence-electron chi connectivity index (χ1n) is 7.35. The molecule has 4 heteroatoms. The Kier molecular flexibility index (Phi) is 2.60. The van der Waals surface area contributed by atoms with Crippen LogP contribution in [0.15, 0.2) is 30.5 Å². The first-order valence-corrected chi connectivity index (χ1v) is 7.35. The van der Waals surface area contributed by atoms with Crippen molar-refractivity contribution in [1.82, 2.24) is 15.0 Å². The Morgan fingerprint density at radius 2 is 2.15 bits per heavy atom. The summed E-state index contributed by atoms with van der Waals surface area (Å²) in [6, 6.07) is 9.42.